The first-order valence-electron chi connectivity index (χ1n) is 14.5. The number of thiazole rings is 1. The van der Waals surface area contributed by atoms with E-state index in [0.717, 1.165) is 28.6 Å². The zero-order valence-electron chi connectivity index (χ0n) is 25.2. The van der Waals surface area contributed by atoms with Crippen molar-refractivity contribution in [1.82, 2.24) is 9.13 Å². The maximum Gasteiger partial charge on any atom is 0.338 e. The normalized spacial score (nSPS) is 16.3. The van der Waals surface area contributed by atoms with Gasteiger partial charge in [-0.3, -0.25) is 9.36 Å². The van der Waals surface area contributed by atoms with Crippen LogP contribution >= 0.6 is 11.3 Å². The van der Waals surface area contributed by atoms with E-state index in [0.29, 0.717) is 32.6 Å². The molecule has 0 radical (unpaired) electrons. The molecule has 4 aromatic rings. The number of para-hydroxylation sites is 1. The summed E-state index contributed by atoms with van der Waals surface area (Å²) in [6, 6.07) is 14.2. The maximum absolute atomic E-state index is 14.2. The third-order valence-electron chi connectivity index (χ3n) is 8.26. The van der Waals surface area contributed by atoms with Gasteiger partial charge in [0, 0.05) is 22.7 Å². The Morgan fingerprint density at radius 3 is 2.41 bits per heavy atom. The van der Waals surface area contributed by atoms with E-state index in [4.69, 9.17) is 9.73 Å². The summed E-state index contributed by atoms with van der Waals surface area (Å²) < 4.78 is 10.1. The second-order valence-electron chi connectivity index (χ2n) is 11.2. The fraction of sp³-hybridized carbons (Fsp3) is 0.382. The lowest BCUT2D eigenvalue weighted by molar-refractivity contribution is -0.139. The highest BCUT2D eigenvalue weighted by atomic mass is 32.1. The molecule has 0 N–H and O–H groups in total. The molecule has 0 bridgehead atoms. The number of aryl methyl sites for hydroxylation is 1. The number of carbonyl (C=O) groups is 1. The quantitative estimate of drug-likeness (QED) is 0.240. The second kappa shape index (κ2) is 11.3. The van der Waals surface area contributed by atoms with Gasteiger partial charge in [0.25, 0.3) is 5.56 Å². The zero-order valence-corrected chi connectivity index (χ0v) is 26.1. The number of ether oxygens (including phenoxy) is 1. The van der Waals surface area contributed by atoms with E-state index in [-0.39, 0.29) is 12.2 Å². The molecule has 7 heteroatoms. The fourth-order valence-corrected chi connectivity index (χ4v) is 6.93. The zero-order chi connectivity index (χ0) is 29.6. The minimum Gasteiger partial charge on any atom is -0.463 e. The van der Waals surface area contributed by atoms with Gasteiger partial charge in [0.05, 0.1) is 34.0 Å². The molecular formula is C34H39N3O3S. The number of carbonyl (C=O) groups excluding carboxylic acids is 1. The second-order valence-corrected chi connectivity index (χ2v) is 12.2. The van der Waals surface area contributed by atoms with Crippen molar-refractivity contribution in [3.8, 4) is 0 Å². The maximum atomic E-state index is 14.2. The highest BCUT2D eigenvalue weighted by molar-refractivity contribution is 7.07. The number of aromatic nitrogens is 2. The Hall–Kier alpha value is -3.71. The van der Waals surface area contributed by atoms with Crippen LogP contribution < -0.4 is 14.9 Å². The van der Waals surface area contributed by atoms with Gasteiger partial charge in [-0.25, -0.2) is 9.79 Å². The molecule has 2 atom stereocenters. The van der Waals surface area contributed by atoms with Gasteiger partial charge in [0.1, 0.15) is 0 Å². The Bertz CT molecular complexity index is 1850. The lowest BCUT2D eigenvalue weighted by atomic mass is 9.93. The molecule has 214 valence electrons. The van der Waals surface area contributed by atoms with Crippen LogP contribution in [0.25, 0.3) is 17.0 Å². The molecule has 0 fully saturated rings. The van der Waals surface area contributed by atoms with Crippen LogP contribution in [0, 0.1) is 13.8 Å². The molecule has 5 rings (SSSR count). The van der Waals surface area contributed by atoms with Crippen LogP contribution in [0.5, 0.6) is 0 Å². The highest BCUT2D eigenvalue weighted by Crippen LogP contribution is 2.34. The van der Waals surface area contributed by atoms with E-state index in [1.165, 1.54) is 28.0 Å². The third kappa shape index (κ3) is 4.90. The summed E-state index contributed by atoms with van der Waals surface area (Å²) in [6.07, 6.45) is 3.02. The summed E-state index contributed by atoms with van der Waals surface area (Å²) in [7, 11) is 0. The van der Waals surface area contributed by atoms with E-state index >= 15 is 0 Å². The topological polar surface area (TPSA) is 65.6 Å². The number of allylic oxidation sites excluding steroid dienone is 1. The Morgan fingerprint density at radius 2 is 1.78 bits per heavy atom. The van der Waals surface area contributed by atoms with Gasteiger partial charge in [-0.2, -0.15) is 0 Å². The lowest BCUT2D eigenvalue weighted by Gasteiger charge is -2.25. The van der Waals surface area contributed by atoms with Crippen LogP contribution in [0.1, 0.15) is 93.9 Å². The molecule has 0 saturated heterocycles. The van der Waals surface area contributed by atoms with Crippen molar-refractivity contribution in [3.63, 3.8) is 0 Å². The monoisotopic (exact) mass is 569 g/mol. The molecule has 6 nitrogen and oxygen atoms in total. The van der Waals surface area contributed by atoms with Crippen molar-refractivity contribution in [2.24, 2.45) is 4.99 Å². The first-order chi connectivity index (χ1) is 19.6. The minimum atomic E-state index is -0.613. The average Bonchev–Trinajstić information content (AvgIpc) is 3.41. The van der Waals surface area contributed by atoms with Gasteiger partial charge in [-0.15, -0.1) is 0 Å². The standard InChI is InChI=1S/C34H39N3O3S/c1-9-21(6)36-23(8)27(26-13-11-12-20(5)30(26)36)18-28-32(38)37-31(25-16-14-24(15-17-25)19(3)4)29(33(39)40-10-2)22(7)35-34(37)41-28/h11-19,21,31H,9-10H2,1-8H3/b28-18-/t21-,31+/m0/s1. The summed E-state index contributed by atoms with van der Waals surface area (Å²) in [4.78, 5) is 32.8. The van der Waals surface area contributed by atoms with E-state index in [1.807, 2.05) is 25.1 Å². The van der Waals surface area contributed by atoms with Crippen LogP contribution in [-0.4, -0.2) is 21.7 Å². The Morgan fingerprint density at radius 1 is 1.07 bits per heavy atom. The van der Waals surface area contributed by atoms with Crippen LogP contribution in [0.3, 0.4) is 0 Å². The summed E-state index contributed by atoms with van der Waals surface area (Å²) in [6.45, 7) is 16.9. The van der Waals surface area contributed by atoms with Crippen LogP contribution in [0.2, 0.25) is 0 Å². The molecule has 2 aromatic heterocycles. The van der Waals surface area contributed by atoms with Crippen molar-refractivity contribution >= 4 is 34.3 Å². The van der Waals surface area contributed by atoms with Gasteiger partial charge in [-0.1, -0.05) is 74.6 Å². The van der Waals surface area contributed by atoms with Gasteiger partial charge in [0.15, 0.2) is 4.80 Å². The molecule has 0 spiro atoms. The van der Waals surface area contributed by atoms with Crippen molar-refractivity contribution in [2.75, 3.05) is 6.61 Å². The Balaban J connectivity index is 1.77. The van der Waals surface area contributed by atoms with Gasteiger partial charge in [-0.05, 0) is 69.7 Å². The smallest absolute Gasteiger partial charge is 0.338 e. The number of hydrogen-bond donors (Lipinski definition) is 0. The highest BCUT2D eigenvalue weighted by Gasteiger charge is 2.33. The fourth-order valence-electron chi connectivity index (χ4n) is 5.91. The molecular weight excluding hydrogens is 530 g/mol. The third-order valence-corrected chi connectivity index (χ3v) is 9.25. The first-order valence-corrected chi connectivity index (χ1v) is 15.3. The van der Waals surface area contributed by atoms with Gasteiger partial charge >= 0.3 is 5.97 Å². The molecule has 0 unspecified atom stereocenters. The largest absolute Gasteiger partial charge is 0.463 e. The Labute approximate surface area is 245 Å². The van der Waals surface area contributed by atoms with Gasteiger partial charge < -0.3 is 9.30 Å². The van der Waals surface area contributed by atoms with E-state index in [9.17, 15) is 9.59 Å². The number of benzene rings is 2. The number of fused-ring (bicyclic) bond motifs is 2. The van der Waals surface area contributed by atoms with Crippen molar-refractivity contribution < 1.29 is 9.53 Å². The number of nitrogens with zero attached hydrogens (tertiary/aromatic N) is 3. The molecule has 0 saturated carbocycles. The summed E-state index contributed by atoms with van der Waals surface area (Å²) in [5, 5.41) is 1.14. The molecule has 41 heavy (non-hydrogen) atoms. The average molecular weight is 570 g/mol. The molecule has 0 aliphatic carbocycles. The number of hydrogen-bond acceptors (Lipinski definition) is 5. The summed E-state index contributed by atoms with van der Waals surface area (Å²) in [5.74, 6) is -0.0683. The van der Waals surface area contributed by atoms with Crippen LogP contribution in [0.4, 0.5) is 0 Å². The SMILES string of the molecule is CCOC(=O)C1=C(C)N=c2s/c(=C\c3c(C)n([C@@H](C)CC)c4c(C)cccc34)c(=O)n2[C@@H]1c1ccc(C(C)C)cc1. The predicted molar refractivity (Wildman–Crippen MR) is 167 cm³/mol. The molecule has 1 aliphatic rings. The predicted octanol–water partition coefficient (Wildman–Crippen LogP) is 6.46. The van der Waals surface area contributed by atoms with Crippen LogP contribution in [-0.2, 0) is 9.53 Å². The van der Waals surface area contributed by atoms with E-state index in [1.54, 1.807) is 11.5 Å². The molecule has 3 heterocycles. The Kier molecular flexibility index (Phi) is 7.93. The number of rotatable bonds is 7. The van der Waals surface area contributed by atoms with Crippen molar-refractivity contribution in [3.05, 3.63) is 101 Å². The van der Waals surface area contributed by atoms with Crippen molar-refractivity contribution in [2.45, 2.75) is 79.8 Å². The first kappa shape index (κ1) is 28.8. The molecule has 0 amide bonds. The number of esters is 1. The molecule has 2 aromatic carbocycles. The minimum absolute atomic E-state index is 0.155. The van der Waals surface area contributed by atoms with Crippen LogP contribution in [0.15, 0.2) is 63.5 Å². The molecule has 1 aliphatic heterocycles. The lowest BCUT2D eigenvalue weighted by Crippen LogP contribution is -2.40. The summed E-state index contributed by atoms with van der Waals surface area (Å²) in [5.41, 5.74) is 7.50. The van der Waals surface area contributed by atoms with Crippen molar-refractivity contribution in [1.29, 1.82) is 0 Å². The van der Waals surface area contributed by atoms with E-state index in [2.05, 4.69) is 76.4 Å². The summed E-state index contributed by atoms with van der Waals surface area (Å²) >= 11 is 1.37. The van der Waals surface area contributed by atoms with Gasteiger partial charge in [0.2, 0.25) is 0 Å². The van der Waals surface area contributed by atoms with E-state index < -0.39 is 12.0 Å².